The van der Waals surface area contributed by atoms with Crippen LogP contribution in [0.3, 0.4) is 0 Å². The Bertz CT molecular complexity index is 1070. The lowest BCUT2D eigenvalue weighted by Gasteiger charge is -2.40. The van der Waals surface area contributed by atoms with Gasteiger partial charge < -0.3 is 14.6 Å². The number of halogens is 1. The molecule has 1 N–H and O–H groups in total. The third-order valence-electron chi connectivity index (χ3n) is 6.17. The largest absolute Gasteiger partial charge is 0.465 e. The van der Waals surface area contributed by atoms with Crippen LogP contribution in [0, 0.1) is 0 Å². The Balaban J connectivity index is 1.57. The van der Waals surface area contributed by atoms with Crippen LogP contribution in [0.5, 0.6) is 0 Å². The average molecular weight is 395 g/mol. The van der Waals surface area contributed by atoms with Crippen LogP contribution >= 0.6 is 11.6 Å². The molecule has 5 heteroatoms. The van der Waals surface area contributed by atoms with Crippen molar-refractivity contribution in [2.24, 2.45) is 0 Å². The molecule has 0 saturated heterocycles. The Morgan fingerprint density at radius 2 is 2.07 bits per heavy atom. The molecule has 1 aliphatic heterocycles. The quantitative estimate of drug-likeness (QED) is 0.589. The van der Waals surface area contributed by atoms with Gasteiger partial charge in [0.15, 0.2) is 0 Å². The zero-order valence-electron chi connectivity index (χ0n) is 15.9. The molecule has 1 unspecified atom stereocenters. The van der Waals surface area contributed by atoms with Crippen molar-refractivity contribution in [1.29, 1.82) is 0 Å². The number of nitrogens with zero attached hydrogens (tertiary/aromatic N) is 1. The molecule has 1 aliphatic carbocycles. The highest BCUT2D eigenvalue weighted by Crippen LogP contribution is 2.42. The summed E-state index contributed by atoms with van der Waals surface area (Å²) in [4.78, 5) is 18.1. The topological polar surface area (TPSA) is 45.3 Å². The normalized spacial score (nSPS) is 18.6. The average Bonchev–Trinajstić information content (AvgIpc) is 3.10. The fourth-order valence-electron chi connectivity index (χ4n) is 4.92. The van der Waals surface area contributed by atoms with Crippen molar-refractivity contribution in [3.8, 4) is 0 Å². The highest BCUT2D eigenvalue weighted by Gasteiger charge is 2.31. The van der Waals surface area contributed by atoms with Gasteiger partial charge in [-0.2, -0.15) is 0 Å². The molecule has 3 aromatic rings. The second kappa shape index (κ2) is 6.85. The van der Waals surface area contributed by atoms with Gasteiger partial charge in [0.1, 0.15) is 0 Å². The van der Waals surface area contributed by atoms with E-state index in [1.165, 1.54) is 46.9 Å². The maximum atomic E-state index is 11.9. The van der Waals surface area contributed by atoms with E-state index in [1.54, 1.807) is 0 Å². The van der Waals surface area contributed by atoms with Gasteiger partial charge in [-0.25, -0.2) is 4.79 Å². The van der Waals surface area contributed by atoms with Gasteiger partial charge in [-0.1, -0.05) is 11.6 Å². The van der Waals surface area contributed by atoms with Crippen molar-refractivity contribution in [2.45, 2.75) is 38.1 Å². The van der Waals surface area contributed by atoms with Crippen molar-refractivity contribution in [2.75, 3.05) is 18.6 Å². The molecule has 0 radical (unpaired) electrons. The monoisotopic (exact) mass is 394 g/mol. The van der Waals surface area contributed by atoms with Gasteiger partial charge in [0, 0.05) is 33.9 Å². The van der Waals surface area contributed by atoms with Crippen LogP contribution in [0.2, 0.25) is 5.02 Å². The minimum atomic E-state index is -0.271. The molecule has 2 heterocycles. The Labute approximate surface area is 169 Å². The van der Waals surface area contributed by atoms with Crippen molar-refractivity contribution in [1.82, 2.24) is 4.98 Å². The number of nitrogens with one attached hydrogen (secondary N) is 1. The number of anilines is 1. The number of rotatable bonds is 2. The molecule has 0 fully saturated rings. The van der Waals surface area contributed by atoms with Gasteiger partial charge in [0.25, 0.3) is 0 Å². The van der Waals surface area contributed by atoms with E-state index in [0.29, 0.717) is 11.6 Å². The molecule has 144 valence electrons. The molecule has 5 rings (SSSR count). The number of aryl methyl sites for hydroxylation is 2. The van der Waals surface area contributed by atoms with E-state index in [0.717, 1.165) is 37.3 Å². The van der Waals surface area contributed by atoms with Crippen LogP contribution < -0.4 is 4.90 Å². The SMILES string of the molecule is COC(=O)c1ccc2c(c1)CCCN2C1CCCc2c1[nH]c1ccc(Cl)cc21. The van der Waals surface area contributed by atoms with E-state index in [9.17, 15) is 4.79 Å². The molecule has 0 saturated carbocycles. The molecule has 4 nitrogen and oxygen atoms in total. The number of hydrogen-bond donors (Lipinski definition) is 1. The van der Waals surface area contributed by atoms with Crippen LogP contribution in [0.4, 0.5) is 5.69 Å². The Hall–Kier alpha value is -2.46. The Kier molecular flexibility index (Phi) is 4.31. The highest BCUT2D eigenvalue weighted by molar-refractivity contribution is 6.31. The van der Waals surface area contributed by atoms with Gasteiger partial charge >= 0.3 is 5.97 Å². The number of carbonyl (C=O) groups is 1. The van der Waals surface area contributed by atoms with E-state index in [4.69, 9.17) is 16.3 Å². The first-order valence-electron chi connectivity index (χ1n) is 9.93. The molecular formula is C23H23ClN2O2. The summed E-state index contributed by atoms with van der Waals surface area (Å²) in [5, 5.41) is 2.04. The van der Waals surface area contributed by atoms with Crippen molar-refractivity contribution >= 4 is 34.2 Å². The number of fused-ring (bicyclic) bond motifs is 4. The number of esters is 1. The minimum absolute atomic E-state index is 0.271. The second-order valence-corrected chi connectivity index (χ2v) is 8.18. The Morgan fingerprint density at radius 3 is 2.93 bits per heavy atom. The molecule has 1 aromatic heterocycles. The Morgan fingerprint density at radius 1 is 1.18 bits per heavy atom. The third kappa shape index (κ3) is 2.78. The van der Waals surface area contributed by atoms with Crippen LogP contribution in [-0.2, 0) is 17.6 Å². The summed E-state index contributed by atoms with van der Waals surface area (Å²) in [7, 11) is 1.43. The van der Waals surface area contributed by atoms with Crippen molar-refractivity contribution in [3.63, 3.8) is 0 Å². The summed E-state index contributed by atoms with van der Waals surface area (Å²) >= 11 is 6.26. The number of H-pyrrole nitrogens is 1. The van der Waals surface area contributed by atoms with E-state index in [2.05, 4.69) is 28.1 Å². The number of aromatic nitrogens is 1. The van der Waals surface area contributed by atoms with Gasteiger partial charge in [0.05, 0.1) is 18.7 Å². The fourth-order valence-corrected chi connectivity index (χ4v) is 5.09. The van der Waals surface area contributed by atoms with Crippen molar-refractivity contribution < 1.29 is 9.53 Å². The van der Waals surface area contributed by atoms with E-state index in [-0.39, 0.29) is 5.97 Å². The van der Waals surface area contributed by atoms with Gasteiger partial charge in [-0.05, 0) is 79.6 Å². The summed E-state index contributed by atoms with van der Waals surface area (Å²) in [6.07, 6.45) is 5.48. The standard InChI is InChI=1S/C23H23ClN2O2/c1-28-23(27)15-7-10-20-14(12-15)4-3-11-26(20)21-6-2-5-17-18-13-16(24)8-9-19(18)25-22(17)21/h7-10,12-13,21,25H,2-6,11H2,1H3. The summed E-state index contributed by atoms with van der Waals surface area (Å²) < 4.78 is 4.89. The fraction of sp³-hybridized carbons (Fsp3) is 0.348. The summed E-state index contributed by atoms with van der Waals surface area (Å²) in [6, 6.07) is 12.4. The minimum Gasteiger partial charge on any atom is -0.465 e. The first-order chi connectivity index (χ1) is 13.7. The number of benzene rings is 2. The number of aromatic amines is 1. The van der Waals surface area contributed by atoms with E-state index >= 15 is 0 Å². The molecule has 2 aliphatic rings. The molecule has 2 aromatic carbocycles. The lowest BCUT2D eigenvalue weighted by molar-refractivity contribution is 0.0600. The third-order valence-corrected chi connectivity index (χ3v) is 6.41. The highest BCUT2D eigenvalue weighted by atomic mass is 35.5. The molecule has 1 atom stereocenters. The lowest BCUT2D eigenvalue weighted by atomic mass is 9.88. The molecule has 28 heavy (non-hydrogen) atoms. The second-order valence-electron chi connectivity index (χ2n) is 7.75. The molecule has 0 spiro atoms. The number of ether oxygens (including phenoxy) is 1. The van der Waals surface area contributed by atoms with Crippen LogP contribution in [-0.4, -0.2) is 24.6 Å². The maximum Gasteiger partial charge on any atom is 0.337 e. The summed E-state index contributed by atoms with van der Waals surface area (Å²) in [5.41, 5.74) is 7.02. The van der Waals surface area contributed by atoms with Gasteiger partial charge in [-0.3, -0.25) is 0 Å². The van der Waals surface area contributed by atoms with Crippen molar-refractivity contribution in [3.05, 3.63) is 63.8 Å². The van der Waals surface area contributed by atoms with Crippen LogP contribution in [0.1, 0.15) is 52.5 Å². The number of hydrogen-bond acceptors (Lipinski definition) is 3. The number of methoxy groups -OCH3 is 1. The smallest absolute Gasteiger partial charge is 0.337 e. The lowest BCUT2D eigenvalue weighted by Crippen LogP contribution is -2.35. The van der Waals surface area contributed by atoms with Crippen LogP contribution in [0.25, 0.3) is 10.9 Å². The first-order valence-corrected chi connectivity index (χ1v) is 10.3. The first kappa shape index (κ1) is 17.6. The number of carbonyl (C=O) groups excluding carboxylic acids is 1. The van der Waals surface area contributed by atoms with E-state index < -0.39 is 0 Å². The van der Waals surface area contributed by atoms with Crippen LogP contribution in [0.15, 0.2) is 36.4 Å². The molecule has 0 amide bonds. The van der Waals surface area contributed by atoms with E-state index in [1.807, 2.05) is 18.2 Å². The summed E-state index contributed by atoms with van der Waals surface area (Å²) in [5.74, 6) is -0.271. The van der Waals surface area contributed by atoms with Gasteiger partial charge in [0.2, 0.25) is 0 Å². The zero-order valence-corrected chi connectivity index (χ0v) is 16.7. The predicted octanol–water partition coefficient (Wildman–Crippen LogP) is 5.44. The maximum absolute atomic E-state index is 11.9. The molecule has 0 bridgehead atoms. The zero-order chi connectivity index (χ0) is 19.3. The molecular weight excluding hydrogens is 372 g/mol. The van der Waals surface area contributed by atoms with Gasteiger partial charge in [-0.15, -0.1) is 0 Å². The predicted molar refractivity (Wildman–Crippen MR) is 112 cm³/mol. The summed E-state index contributed by atoms with van der Waals surface area (Å²) in [6.45, 7) is 1.03.